The van der Waals surface area contributed by atoms with Crippen molar-refractivity contribution in [2.24, 2.45) is 0 Å². The average molecular weight is 605 g/mol. The Morgan fingerprint density at radius 1 is 0.690 bits per heavy atom. The molecule has 0 aromatic heterocycles. The fourth-order valence-electron chi connectivity index (χ4n) is 4.50. The van der Waals surface area contributed by atoms with Gasteiger partial charge < -0.3 is 14.8 Å². The van der Waals surface area contributed by atoms with Gasteiger partial charge in [-0.25, -0.2) is 8.42 Å². The number of benzene rings is 4. The van der Waals surface area contributed by atoms with Crippen LogP contribution in [0.5, 0.6) is 11.5 Å². The van der Waals surface area contributed by atoms with Crippen molar-refractivity contribution in [3.63, 3.8) is 0 Å². The van der Waals surface area contributed by atoms with E-state index in [1.165, 1.54) is 4.08 Å². The summed E-state index contributed by atoms with van der Waals surface area (Å²) in [5, 5.41) is 0. The number of hydrogen-bond donors (Lipinski definition) is 1. The first kappa shape index (κ1) is 31.6. The van der Waals surface area contributed by atoms with Crippen LogP contribution in [0.3, 0.4) is 0 Å². The maximum atomic E-state index is 14.5. The van der Waals surface area contributed by atoms with Crippen LogP contribution < -0.4 is 14.8 Å². The molecule has 0 aliphatic rings. The first-order chi connectivity index (χ1) is 19.7. The van der Waals surface area contributed by atoms with Gasteiger partial charge in [-0.2, -0.15) is 0 Å². The smallest absolute Gasteiger partial charge is 0.399 e. The number of aryl methyl sites for hydroxylation is 1. The van der Waals surface area contributed by atoms with Crippen molar-refractivity contribution in [3.8, 4) is 11.5 Å². The predicted molar refractivity (Wildman–Crippen MR) is 173 cm³/mol. The van der Waals surface area contributed by atoms with E-state index < -0.39 is 18.5 Å². The topological polar surface area (TPSA) is 81.9 Å². The van der Waals surface area contributed by atoms with Gasteiger partial charge in [-0.15, -0.1) is 4.08 Å². The molecule has 0 amide bonds. The van der Waals surface area contributed by atoms with Gasteiger partial charge in [0.15, 0.2) is 0 Å². The van der Waals surface area contributed by atoms with Crippen LogP contribution in [0.1, 0.15) is 63.8 Å². The highest BCUT2D eigenvalue weighted by molar-refractivity contribution is 7.93. The number of sulfonamides is 1. The van der Waals surface area contributed by atoms with Crippen molar-refractivity contribution >= 4 is 24.2 Å². The minimum absolute atomic E-state index is 0.0377. The molecule has 0 bridgehead atoms. The van der Waals surface area contributed by atoms with E-state index in [0.29, 0.717) is 22.7 Å². The fraction of sp³-hybridized carbons (Fsp3) is 0.294. The highest BCUT2D eigenvalue weighted by Gasteiger charge is 2.39. The summed E-state index contributed by atoms with van der Waals surface area (Å²) in [5.74, 6) is 1.13. The number of anilines is 1. The lowest BCUT2D eigenvalue weighted by atomic mass is 9.86. The van der Waals surface area contributed by atoms with E-state index in [4.69, 9.17) is 14.8 Å². The predicted octanol–water partition coefficient (Wildman–Crippen LogP) is 8.75. The zero-order chi connectivity index (χ0) is 30.7. The van der Waals surface area contributed by atoms with Crippen molar-refractivity contribution < 1.29 is 17.5 Å². The van der Waals surface area contributed by atoms with Gasteiger partial charge in [-0.05, 0) is 64.8 Å². The zero-order valence-electron chi connectivity index (χ0n) is 25.5. The number of nitrogens with two attached hydrogens (primary N) is 1. The molecule has 4 aromatic rings. The molecule has 0 radical (unpaired) electrons. The van der Waals surface area contributed by atoms with E-state index in [9.17, 15) is 8.42 Å². The molecule has 0 fully saturated rings. The number of hydrogen-bond acceptors (Lipinski definition) is 5. The van der Waals surface area contributed by atoms with Crippen LogP contribution in [0.2, 0.25) is 0 Å². The van der Waals surface area contributed by atoms with Crippen molar-refractivity contribution in [2.45, 2.75) is 70.7 Å². The van der Waals surface area contributed by atoms with Crippen molar-refractivity contribution in [2.75, 3.05) is 5.73 Å². The SMILES string of the molecule is Cc1ccc(S(=O)(=O)N(Cc2ccccc2N)P(Oc2ccccc2C(C)(C)C)Oc2ccccc2C(C)(C)C)cc1. The molecule has 0 heterocycles. The minimum atomic E-state index is -4.11. The zero-order valence-corrected chi connectivity index (χ0v) is 27.2. The summed E-state index contributed by atoms with van der Waals surface area (Å²) in [6.07, 6.45) is 0. The molecular weight excluding hydrogens is 563 g/mol. The van der Waals surface area contributed by atoms with Gasteiger partial charge in [0.25, 0.3) is 10.0 Å². The van der Waals surface area contributed by atoms with Crippen LogP contribution in [0, 0.1) is 6.92 Å². The van der Waals surface area contributed by atoms with E-state index in [1.807, 2.05) is 73.7 Å². The number of nitrogens with zero attached hydrogens (tertiary/aromatic N) is 1. The van der Waals surface area contributed by atoms with Gasteiger partial charge in [0, 0.05) is 5.69 Å². The maximum absolute atomic E-state index is 14.5. The Morgan fingerprint density at radius 3 is 1.62 bits per heavy atom. The summed E-state index contributed by atoms with van der Waals surface area (Å²) in [6.45, 7) is 14.5. The van der Waals surface area contributed by atoms with Crippen LogP contribution in [0.4, 0.5) is 5.69 Å². The van der Waals surface area contributed by atoms with Gasteiger partial charge in [0.2, 0.25) is 0 Å². The molecule has 4 aromatic carbocycles. The van der Waals surface area contributed by atoms with Crippen LogP contribution >= 0.6 is 8.53 Å². The van der Waals surface area contributed by atoms with Gasteiger partial charge in [-0.1, -0.05) is 114 Å². The van der Waals surface area contributed by atoms with E-state index in [1.54, 1.807) is 30.3 Å². The number of rotatable bonds is 9. The Bertz CT molecular complexity index is 1570. The average Bonchev–Trinajstić information content (AvgIpc) is 2.92. The lowest BCUT2D eigenvalue weighted by molar-refractivity contribution is 0.405. The second-order valence-electron chi connectivity index (χ2n) is 12.4. The standard InChI is InChI=1S/C34H41N2O4PS/c1-25-20-22-27(23-21-25)42(37,38)36(24-26-14-8-11-17-30(26)35)41(39-31-18-12-9-15-28(31)33(2,3)4)40-32-19-13-10-16-29(32)34(5,6)7/h8-23H,24,35H2,1-7H3. The fourth-order valence-corrected chi connectivity index (χ4v) is 7.86. The highest BCUT2D eigenvalue weighted by atomic mass is 32.2. The first-order valence-corrected chi connectivity index (χ1v) is 16.5. The molecule has 0 atom stereocenters. The molecule has 0 unspecified atom stereocenters. The summed E-state index contributed by atoms with van der Waals surface area (Å²) in [7, 11) is -6.38. The van der Waals surface area contributed by atoms with Gasteiger partial charge in [-0.3, -0.25) is 0 Å². The first-order valence-electron chi connectivity index (χ1n) is 14.0. The Kier molecular flexibility index (Phi) is 9.36. The van der Waals surface area contributed by atoms with E-state index in [-0.39, 0.29) is 22.3 Å². The quantitative estimate of drug-likeness (QED) is 0.153. The summed E-state index contributed by atoms with van der Waals surface area (Å²) >= 11 is 0. The summed E-state index contributed by atoms with van der Waals surface area (Å²) in [5.41, 5.74) is 9.81. The largest absolute Gasteiger partial charge is 0.426 e. The van der Waals surface area contributed by atoms with Crippen LogP contribution in [0.25, 0.3) is 0 Å². The third-order valence-corrected chi connectivity index (χ3v) is 10.7. The molecule has 4 rings (SSSR count). The monoisotopic (exact) mass is 604 g/mol. The van der Waals surface area contributed by atoms with Crippen molar-refractivity contribution in [1.29, 1.82) is 0 Å². The molecule has 0 aliphatic carbocycles. The molecule has 0 saturated heterocycles. The molecule has 222 valence electrons. The number of nitrogen functional groups attached to an aromatic ring is 1. The van der Waals surface area contributed by atoms with Crippen LogP contribution in [0.15, 0.2) is 102 Å². The minimum Gasteiger partial charge on any atom is -0.426 e. The lowest BCUT2D eigenvalue weighted by Gasteiger charge is -2.32. The van der Waals surface area contributed by atoms with Crippen LogP contribution in [-0.4, -0.2) is 12.5 Å². The molecule has 42 heavy (non-hydrogen) atoms. The van der Waals surface area contributed by atoms with Gasteiger partial charge >= 0.3 is 8.53 Å². The Labute approximate surface area is 252 Å². The molecular formula is C34H41N2O4PS. The van der Waals surface area contributed by atoms with E-state index in [0.717, 1.165) is 16.7 Å². The Balaban J connectivity index is 1.93. The van der Waals surface area contributed by atoms with Crippen molar-refractivity contribution in [3.05, 3.63) is 119 Å². The lowest BCUT2D eigenvalue weighted by Crippen LogP contribution is -2.30. The summed E-state index contributed by atoms with van der Waals surface area (Å²) in [4.78, 5) is 0.149. The third kappa shape index (κ3) is 7.33. The molecule has 8 heteroatoms. The van der Waals surface area contributed by atoms with Crippen molar-refractivity contribution in [1.82, 2.24) is 4.08 Å². The maximum Gasteiger partial charge on any atom is 0.399 e. The second-order valence-corrected chi connectivity index (χ2v) is 15.9. The Morgan fingerprint density at radius 2 is 1.14 bits per heavy atom. The highest BCUT2D eigenvalue weighted by Crippen LogP contribution is 2.51. The number of para-hydroxylation sites is 3. The molecule has 0 aliphatic heterocycles. The van der Waals surface area contributed by atoms with Crippen LogP contribution in [-0.2, 0) is 27.4 Å². The molecule has 0 saturated carbocycles. The van der Waals surface area contributed by atoms with E-state index in [2.05, 4.69) is 41.5 Å². The molecule has 0 spiro atoms. The van der Waals surface area contributed by atoms with Gasteiger partial charge in [0.05, 0.1) is 11.4 Å². The van der Waals surface area contributed by atoms with E-state index >= 15 is 0 Å². The normalized spacial score (nSPS) is 12.5. The second kappa shape index (κ2) is 12.5. The molecule has 2 N–H and O–H groups in total. The summed E-state index contributed by atoms with van der Waals surface area (Å²) in [6, 6.07) is 29.5. The summed E-state index contributed by atoms with van der Waals surface area (Å²) < 4.78 is 43.7. The van der Waals surface area contributed by atoms with Gasteiger partial charge in [0.1, 0.15) is 11.5 Å². The Hall–Kier alpha value is -3.38. The molecule has 6 nitrogen and oxygen atoms in total. The third-order valence-electron chi connectivity index (χ3n) is 6.88.